The summed E-state index contributed by atoms with van der Waals surface area (Å²) in [6, 6.07) is 5.58. The molecule has 0 heterocycles. The highest BCUT2D eigenvalue weighted by molar-refractivity contribution is 6.31. The quantitative estimate of drug-likeness (QED) is 0.862. The average Bonchev–Trinajstić information content (AvgIpc) is 2.30. The highest BCUT2D eigenvalue weighted by Gasteiger charge is 2.05. The van der Waals surface area contributed by atoms with Gasteiger partial charge in [-0.2, -0.15) is 0 Å². The van der Waals surface area contributed by atoms with Gasteiger partial charge >= 0.3 is 0 Å². The second kappa shape index (κ2) is 7.27. The van der Waals surface area contributed by atoms with E-state index in [1.54, 1.807) is 13.2 Å². The van der Waals surface area contributed by atoms with Crippen molar-refractivity contribution in [1.82, 2.24) is 5.32 Å². The minimum absolute atomic E-state index is 0.0923. The summed E-state index contributed by atoms with van der Waals surface area (Å²) >= 11 is 6.12. The minimum Gasteiger partial charge on any atom is -0.497 e. The van der Waals surface area contributed by atoms with Gasteiger partial charge in [0.25, 0.3) is 0 Å². The fourth-order valence-corrected chi connectivity index (χ4v) is 1.90. The van der Waals surface area contributed by atoms with E-state index < -0.39 is 0 Å². The highest BCUT2D eigenvalue weighted by atomic mass is 35.5. The summed E-state index contributed by atoms with van der Waals surface area (Å²) in [5.41, 5.74) is 1.02. The van der Waals surface area contributed by atoms with Crippen molar-refractivity contribution in [3.05, 3.63) is 28.8 Å². The number of hydrogen-bond donors (Lipinski definition) is 1. The Morgan fingerprint density at radius 3 is 2.72 bits per heavy atom. The predicted octanol–water partition coefficient (Wildman–Crippen LogP) is 3.05. The van der Waals surface area contributed by atoms with Gasteiger partial charge in [0, 0.05) is 18.0 Å². The first kappa shape index (κ1) is 14.8. The van der Waals surface area contributed by atoms with Gasteiger partial charge in [0.1, 0.15) is 5.75 Å². The van der Waals surface area contributed by atoms with E-state index in [4.69, 9.17) is 16.3 Å². The SMILES string of the molecule is COc1ccc(CCNC(=O)CC(C)C)c(Cl)c1. The van der Waals surface area contributed by atoms with Crippen LogP contribution in [0.5, 0.6) is 5.75 Å². The first-order valence-corrected chi connectivity index (χ1v) is 6.50. The molecule has 0 radical (unpaired) electrons. The van der Waals surface area contributed by atoms with E-state index >= 15 is 0 Å². The number of hydrogen-bond acceptors (Lipinski definition) is 2. The lowest BCUT2D eigenvalue weighted by molar-refractivity contribution is -0.121. The number of methoxy groups -OCH3 is 1. The fraction of sp³-hybridized carbons (Fsp3) is 0.500. The molecule has 4 heteroatoms. The maximum atomic E-state index is 11.5. The Morgan fingerprint density at radius 1 is 1.44 bits per heavy atom. The average molecular weight is 270 g/mol. The molecule has 1 aromatic carbocycles. The third-order valence-electron chi connectivity index (χ3n) is 2.57. The number of carbonyl (C=O) groups excluding carboxylic acids is 1. The summed E-state index contributed by atoms with van der Waals surface area (Å²) in [6.07, 6.45) is 1.29. The molecule has 100 valence electrons. The van der Waals surface area contributed by atoms with Gasteiger partial charge in [-0.05, 0) is 30.0 Å². The third-order valence-corrected chi connectivity index (χ3v) is 2.92. The van der Waals surface area contributed by atoms with Gasteiger partial charge in [-0.25, -0.2) is 0 Å². The highest BCUT2D eigenvalue weighted by Crippen LogP contribution is 2.22. The summed E-state index contributed by atoms with van der Waals surface area (Å²) in [7, 11) is 1.61. The standard InChI is InChI=1S/C14H20ClNO2/c1-10(2)8-14(17)16-7-6-11-4-5-12(18-3)9-13(11)15/h4-5,9-10H,6-8H2,1-3H3,(H,16,17). The van der Waals surface area contributed by atoms with Gasteiger partial charge in [0.2, 0.25) is 5.91 Å². The first-order chi connectivity index (χ1) is 8.52. The van der Waals surface area contributed by atoms with E-state index in [1.807, 2.05) is 26.0 Å². The number of rotatable bonds is 6. The van der Waals surface area contributed by atoms with Crippen LogP contribution in [0.15, 0.2) is 18.2 Å². The lowest BCUT2D eigenvalue weighted by Gasteiger charge is -2.09. The molecule has 0 unspecified atom stereocenters. The van der Waals surface area contributed by atoms with E-state index in [0.717, 1.165) is 17.7 Å². The summed E-state index contributed by atoms with van der Waals surface area (Å²) in [6.45, 7) is 4.66. The maximum Gasteiger partial charge on any atom is 0.220 e. The van der Waals surface area contributed by atoms with Crippen molar-refractivity contribution in [2.75, 3.05) is 13.7 Å². The summed E-state index contributed by atoms with van der Waals surface area (Å²) in [5.74, 6) is 1.22. The molecule has 18 heavy (non-hydrogen) atoms. The van der Waals surface area contributed by atoms with Crippen LogP contribution in [0.25, 0.3) is 0 Å². The maximum absolute atomic E-state index is 11.5. The number of carbonyl (C=O) groups is 1. The second-order valence-electron chi connectivity index (χ2n) is 4.66. The molecule has 0 aromatic heterocycles. The summed E-state index contributed by atoms with van der Waals surface area (Å²) < 4.78 is 5.08. The smallest absolute Gasteiger partial charge is 0.220 e. The van der Waals surface area contributed by atoms with Gasteiger partial charge in [-0.3, -0.25) is 4.79 Å². The molecule has 1 rings (SSSR count). The van der Waals surface area contributed by atoms with Crippen molar-refractivity contribution in [2.24, 2.45) is 5.92 Å². The Balaban J connectivity index is 2.42. The van der Waals surface area contributed by atoms with Crippen molar-refractivity contribution in [1.29, 1.82) is 0 Å². The zero-order valence-corrected chi connectivity index (χ0v) is 11.9. The molecule has 0 aliphatic heterocycles. The van der Waals surface area contributed by atoms with Crippen molar-refractivity contribution in [3.8, 4) is 5.75 Å². The molecule has 0 aliphatic rings. The molecule has 0 aliphatic carbocycles. The second-order valence-corrected chi connectivity index (χ2v) is 5.06. The fourth-order valence-electron chi connectivity index (χ4n) is 1.64. The molecule has 1 aromatic rings. The lowest BCUT2D eigenvalue weighted by Crippen LogP contribution is -2.26. The monoisotopic (exact) mass is 269 g/mol. The molecule has 3 nitrogen and oxygen atoms in total. The normalized spacial score (nSPS) is 10.5. The first-order valence-electron chi connectivity index (χ1n) is 6.12. The molecule has 1 amide bonds. The van der Waals surface area contributed by atoms with Crippen molar-refractivity contribution in [3.63, 3.8) is 0 Å². The predicted molar refractivity (Wildman–Crippen MR) is 74.2 cm³/mol. The van der Waals surface area contributed by atoms with Crippen LogP contribution in [-0.2, 0) is 11.2 Å². The minimum atomic E-state index is 0.0923. The van der Waals surface area contributed by atoms with Crippen molar-refractivity contribution >= 4 is 17.5 Å². The molecule has 0 atom stereocenters. The number of amides is 1. The van der Waals surface area contributed by atoms with Crippen LogP contribution in [0.4, 0.5) is 0 Å². The molecule has 1 N–H and O–H groups in total. The molecule has 0 spiro atoms. The largest absolute Gasteiger partial charge is 0.497 e. The Kier molecular flexibility index (Phi) is 5.99. The Hall–Kier alpha value is -1.22. The zero-order chi connectivity index (χ0) is 13.5. The van der Waals surface area contributed by atoms with Gasteiger partial charge in [-0.15, -0.1) is 0 Å². The van der Waals surface area contributed by atoms with Gasteiger partial charge < -0.3 is 10.1 Å². The summed E-state index contributed by atoms with van der Waals surface area (Å²) in [5, 5.41) is 3.56. The van der Waals surface area contributed by atoms with Crippen molar-refractivity contribution < 1.29 is 9.53 Å². The topological polar surface area (TPSA) is 38.3 Å². The Morgan fingerprint density at radius 2 is 2.17 bits per heavy atom. The van der Waals surface area contributed by atoms with E-state index in [0.29, 0.717) is 23.9 Å². The van der Waals surface area contributed by atoms with Crippen LogP contribution in [0.2, 0.25) is 5.02 Å². The van der Waals surface area contributed by atoms with Crippen LogP contribution in [0, 0.1) is 5.92 Å². The number of nitrogens with one attached hydrogen (secondary N) is 1. The Labute approximate surface area is 113 Å². The van der Waals surface area contributed by atoms with Crippen LogP contribution in [0.1, 0.15) is 25.8 Å². The van der Waals surface area contributed by atoms with Crippen LogP contribution < -0.4 is 10.1 Å². The Bertz CT molecular complexity index is 405. The molecule has 0 saturated heterocycles. The summed E-state index contributed by atoms with van der Waals surface area (Å²) in [4.78, 5) is 11.5. The molecular formula is C14H20ClNO2. The number of ether oxygens (including phenoxy) is 1. The van der Waals surface area contributed by atoms with E-state index in [1.165, 1.54) is 0 Å². The van der Waals surface area contributed by atoms with E-state index in [-0.39, 0.29) is 5.91 Å². The number of halogens is 1. The number of benzene rings is 1. The third kappa shape index (κ3) is 4.96. The zero-order valence-electron chi connectivity index (χ0n) is 11.1. The van der Waals surface area contributed by atoms with Crippen molar-refractivity contribution in [2.45, 2.75) is 26.7 Å². The van der Waals surface area contributed by atoms with Gasteiger partial charge in [0.15, 0.2) is 0 Å². The lowest BCUT2D eigenvalue weighted by atomic mass is 10.1. The van der Waals surface area contributed by atoms with Crippen LogP contribution >= 0.6 is 11.6 Å². The van der Waals surface area contributed by atoms with E-state index in [9.17, 15) is 4.79 Å². The van der Waals surface area contributed by atoms with Crippen LogP contribution in [-0.4, -0.2) is 19.6 Å². The van der Waals surface area contributed by atoms with Crippen LogP contribution in [0.3, 0.4) is 0 Å². The molecular weight excluding hydrogens is 250 g/mol. The molecule has 0 saturated carbocycles. The van der Waals surface area contributed by atoms with Gasteiger partial charge in [-0.1, -0.05) is 31.5 Å². The van der Waals surface area contributed by atoms with Gasteiger partial charge in [0.05, 0.1) is 7.11 Å². The molecule has 0 fully saturated rings. The molecule has 0 bridgehead atoms. The van der Waals surface area contributed by atoms with E-state index in [2.05, 4.69) is 5.32 Å².